The van der Waals surface area contributed by atoms with Crippen molar-refractivity contribution in [1.29, 1.82) is 0 Å². The molecule has 4 heteroatoms. The molecule has 0 aliphatic rings. The number of guanidine groups is 1. The van der Waals surface area contributed by atoms with Crippen molar-refractivity contribution in [3.05, 3.63) is 35.4 Å². The Labute approximate surface area is 110 Å². The van der Waals surface area contributed by atoms with Crippen molar-refractivity contribution in [2.24, 2.45) is 4.99 Å². The highest BCUT2D eigenvalue weighted by Crippen LogP contribution is 2.13. The number of hydrogen-bond acceptors (Lipinski definition) is 2. The van der Waals surface area contributed by atoms with Crippen LogP contribution in [0.25, 0.3) is 0 Å². The quantitative estimate of drug-likeness (QED) is 0.655. The van der Waals surface area contributed by atoms with Gasteiger partial charge in [0.15, 0.2) is 5.96 Å². The first kappa shape index (κ1) is 14.5. The number of aliphatic hydroxyl groups excluding tert-OH is 1. The molecule has 0 radical (unpaired) electrons. The lowest BCUT2D eigenvalue weighted by atomic mass is 10.1. The van der Waals surface area contributed by atoms with Crippen molar-refractivity contribution >= 4 is 5.96 Å². The molecule has 100 valence electrons. The fraction of sp³-hybridized carbons (Fsp3) is 0.500. The minimum atomic E-state index is -0.415. The normalized spacial score (nSPS) is 11.9. The minimum Gasteiger partial charge on any atom is -0.389 e. The van der Waals surface area contributed by atoms with Gasteiger partial charge in [0, 0.05) is 28.2 Å². The van der Waals surface area contributed by atoms with E-state index in [1.54, 1.807) is 6.92 Å². The molecule has 1 atom stereocenters. The van der Waals surface area contributed by atoms with Gasteiger partial charge in [-0.25, -0.2) is 4.99 Å². The van der Waals surface area contributed by atoms with Crippen LogP contribution in [-0.4, -0.2) is 49.1 Å². The first-order valence-electron chi connectivity index (χ1n) is 6.08. The Morgan fingerprint density at radius 2 is 1.61 bits per heavy atom. The van der Waals surface area contributed by atoms with E-state index in [4.69, 9.17) is 0 Å². The topological polar surface area (TPSA) is 39.1 Å². The van der Waals surface area contributed by atoms with Gasteiger partial charge in [0.05, 0.1) is 12.6 Å². The van der Waals surface area contributed by atoms with E-state index in [1.165, 1.54) is 0 Å². The summed E-state index contributed by atoms with van der Waals surface area (Å²) in [6.45, 7) is 2.41. The zero-order chi connectivity index (χ0) is 13.7. The second-order valence-electron chi connectivity index (χ2n) is 4.82. The summed E-state index contributed by atoms with van der Waals surface area (Å²) in [6, 6.07) is 7.91. The predicted molar refractivity (Wildman–Crippen MR) is 75.6 cm³/mol. The van der Waals surface area contributed by atoms with Crippen LogP contribution < -0.4 is 0 Å². The average Bonchev–Trinajstić information content (AvgIpc) is 2.28. The van der Waals surface area contributed by atoms with Gasteiger partial charge >= 0.3 is 0 Å². The molecular formula is C14H23N3O. The number of aliphatic hydroxyl groups is 1. The Hall–Kier alpha value is -1.55. The van der Waals surface area contributed by atoms with Crippen molar-refractivity contribution in [3.8, 4) is 0 Å². The molecule has 4 nitrogen and oxygen atoms in total. The Balaban J connectivity index is 2.75. The molecule has 1 N–H and O–H groups in total. The number of aliphatic imine (C=N–C) groups is 1. The van der Waals surface area contributed by atoms with Gasteiger partial charge in [-0.15, -0.1) is 0 Å². The van der Waals surface area contributed by atoms with Gasteiger partial charge in [0.25, 0.3) is 0 Å². The molecule has 1 aromatic carbocycles. The smallest absolute Gasteiger partial charge is 0.195 e. The number of hydrogen-bond donors (Lipinski definition) is 1. The van der Waals surface area contributed by atoms with E-state index in [2.05, 4.69) is 4.99 Å². The zero-order valence-electron chi connectivity index (χ0n) is 11.9. The summed E-state index contributed by atoms with van der Waals surface area (Å²) in [4.78, 5) is 8.55. The first-order chi connectivity index (χ1) is 8.41. The summed E-state index contributed by atoms with van der Waals surface area (Å²) < 4.78 is 0. The van der Waals surface area contributed by atoms with Crippen LogP contribution in [0.3, 0.4) is 0 Å². The molecule has 18 heavy (non-hydrogen) atoms. The van der Waals surface area contributed by atoms with E-state index < -0.39 is 6.10 Å². The highest BCUT2D eigenvalue weighted by molar-refractivity contribution is 5.79. The van der Waals surface area contributed by atoms with Crippen LogP contribution in [0.15, 0.2) is 29.3 Å². The maximum Gasteiger partial charge on any atom is 0.195 e. The molecule has 0 aromatic heterocycles. The summed E-state index contributed by atoms with van der Waals surface area (Å²) in [5, 5.41) is 9.44. The standard InChI is InChI=1S/C14H23N3O/c1-11(18)13-8-6-12(7-9-13)10-15-14(16(2)3)17(4)5/h6-9,11,18H,10H2,1-5H3. The second kappa shape index (κ2) is 6.40. The molecule has 0 aliphatic heterocycles. The third kappa shape index (κ3) is 4.04. The fourth-order valence-electron chi connectivity index (χ4n) is 1.75. The van der Waals surface area contributed by atoms with Gasteiger partial charge in [-0.2, -0.15) is 0 Å². The van der Waals surface area contributed by atoms with Crippen LogP contribution in [0.1, 0.15) is 24.2 Å². The molecule has 0 amide bonds. The lowest BCUT2D eigenvalue weighted by Crippen LogP contribution is -2.35. The molecular weight excluding hydrogens is 226 g/mol. The summed E-state index contributed by atoms with van der Waals surface area (Å²) in [6.07, 6.45) is -0.415. The lowest BCUT2D eigenvalue weighted by molar-refractivity contribution is 0.199. The summed E-state index contributed by atoms with van der Waals surface area (Å²) in [5.41, 5.74) is 2.07. The molecule has 0 bridgehead atoms. The van der Waals surface area contributed by atoms with Crippen LogP contribution in [-0.2, 0) is 6.54 Å². The van der Waals surface area contributed by atoms with Crippen LogP contribution in [0.2, 0.25) is 0 Å². The minimum absolute atomic E-state index is 0.415. The highest BCUT2D eigenvalue weighted by atomic mass is 16.3. The second-order valence-corrected chi connectivity index (χ2v) is 4.82. The predicted octanol–water partition coefficient (Wildman–Crippen LogP) is 1.72. The maximum absolute atomic E-state index is 9.44. The molecule has 0 saturated heterocycles. The Morgan fingerprint density at radius 3 is 2.00 bits per heavy atom. The monoisotopic (exact) mass is 249 g/mol. The molecule has 1 rings (SSSR count). The van der Waals surface area contributed by atoms with Crippen LogP contribution in [0, 0.1) is 0 Å². The van der Waals surface area contributed by atoms with Crippen LogP contribution in [0.5, 0.6) is 0 Å². The van der Waals surface area contributed by atoms with E-state index in [0.29, 0.717) is 6.54 Å². The SMILES string of the molecule is CC(O)c1ccc(CN=C(N(C)C)N(C)C)cc1. The summed E-state index contributed by atoms with van der Waals surface area (Å²) in [5.74, 6) is 0.939. The fourth-order valence-corrected chi connectivity index (χ4v) is 1.75. The summed E-state index contributed by atoms with van der Waals surface area (Å²) in [7, 11) is 7.93. The van der Waals surface area contributed by atoms with E-state index in [9.17, 15) is 5.11 Å². The van der Waals surface area contributed by atoms with Gasteiger partial charge in [0.2, 0.25) is 0 Å². The van der Waals surface area contributed by atoms with E-state index >= 15 is 0 Å². The maximum atomic E-state index is 9.44. The highest BCUT2D eigenvalue weighted by Gasteiger charge is 2.04. The number of rotatable bonds is 3. The van der Waals surface area contributed by atoms with E-state index in [-0.39, 0.29) is 0 Å². The van der Waals surface area contributed by atoms with Crippen molar-refractivity contribution < 1.29 is 5.11 Å². The van der Waals surface area contributed by atoms with Gasteiger partial charge in [-0.3, -0.25) is 0 Å². The first-order valence-corrected chi connectivity index (χ1v) is 6.08. The Kier molecular flexibility index (Phi) is 5.16. The lowest BCUT2D eigenvalue weighted by Gasteiger charge is -2.22. The molecule has 0 fully saturated rings. The third-order valence-corrected chi connectivity index (χ3v) is 2.67. The molecule has 0 spiro atoms. The largest absolute Gasteiger partial charge is 0.389 e. The van der Waals surface area contributed by atoms with E-state index in [0.717, 1.165) is 17.1 Å². The van der Waals surface area contributed by atoms with Crippen molar-refractivity contribution in [2.75, 3.05) is 28.2 Å². The van der Waals surface area contributed by atoms with Crippen molar-refractivity contribution in [1.82, 2.24) is 9.80 Å². The van der Waals surface area contributed by atoms with Gasteiger partial charge in [-0.05, 0) is 18.1 Å². The number of nitrogens with zero attached hydrogens (tertiary/aromatic N) is 3. The molecule has 1 unspecified atom stereocenters. The molecule has 0 heterocycles. The number of benzene rings is 1. The van der Waals surface area contributed by atoms with Crippen molar-refractivity contribution in [3.63, 3.8) is 0 Å². The average molecular weight is 249 g/mol. The van der Waals surface area contributed by atoms with E-state index in [1.807, 2.05) is 62.3 Å². The van der Waals surface area contributed by atoms with Gasteiger partial charge < -0.3 is 14.9 Å². The Morgan fingerprint density at radius 1 is 1.11 bits per heavy atom. The van der Waals surface area contributed by atoms with Crippen LogP contribution in [0.4, 0.5) is 0 Å². The third-order valence-electron chi connectivity index (χ3n) is 2.67. The van der Waals surface area contributed by atoms with Crippen molar-refractivity contribution in [2.45, 2.75) is 19.6 Å². The molecule has 0 saturated carbocycles. The van der Waals surface area contributed by atoms with Gasteiger partial charge in [0.1, 0.15) is 0 Å². The van der Waals surface area contributed by atoms with Crippen LogP contribution >= 0.6 is 0 Å². The van der Waals surface area contributed by atoms with Gasteiger partial charge in [-0.1, -0.05) is 24.3 Å². The Bertz CT molecular complexity index is 384. The molecule has 1 aromatic rings. The zero-order valence-corrected chi connectivity index (χ0v) is 11.9. The summed E-state index contributed by atoms with van der Waals surface area (Å²) >= 11 is 0. The molecule has 0 aliphatic carbocycles.